The number of hydrogen-bond acceptors (Lipinski definition) is 0. The standard InChI is InChI=1S/C6H2F10/c1-2(3(7,8)5(11,12)13)4(9,10)6(14,15)16/h1H2. The van der Waals surface area contributed by atoms with E-state index in [2.05, 4.69) is 0 Å². The lowest BCUT2D eigenvalue weighted by atomic mass is 10.0. The molecule has 0 fully saturated rings. The van der Waals surface area contributed by atoms with E-state index in [-0.39, 0.29) is 0 Å². The van der Waals surface area contributed by atoms with Gasteiger partial charge in [0.2, 0.25) is 0 Å². The summed E-state index contributed by atoms with van der Waals surface area (Å²) in [7, 11) is 0. The summed E-state index contributed by atoms with van der Waals surface area (Å²) in [5.41, 5.74) is -3.56. The molecule has 0 bridgehead atoms. The molecule has 0 N–H and O–H groups in total. The van der Waals surface area contributed by atoms with Gasteiger partial charge in [-0.2, -0.15) is 43.9 Å². The number of hydrogen-bond donors (Lipinski definition) is 0. The molecule has 96 valence electrons. The van der Waals surface area contributed by atoms with Crippen molar-refractivity contribution >= 4 is 0 Å². The summed E-state index contributed by atoms with van der Waals surface area (Å²) < 4.78 is 118. The Hall–Kier alpha value is -0.960. The molecule has 0 unspecified atom stereocenters. The highest BCUT2D eigenvalue weighted by Crippen LogP contribution is 2.51. The molecule has 0 atom stereocenters. The lowest BCUT2D eigenvalue weighted by Crippen LogP contribution is -2.49. The minimum absolute atomic E-state index is 1.49. The Labute approximate surface area is 81.5 Å². The van der Waals surface area contributed by atoms with E-state index < -0.39 is 29.8 Å². The maximum Gasteiger partial charge on any atom is 0.457 e. The zero-order valence-corrected chi connectivity index (χ0v) is 6.99. The van der Waals surface area contributed by atoms with E-state index in [0.717, 1.165) is 0 Å². The first-order valence-electron chi connectivity index (χ1n) is 3.24. The Balaban J connectivity index is 5.40. The second kappa shape index (κ2) is 3.52. The van der Waals surface area contributed by atoms with Gasteiger partial charge in [0.15, 0.2) is 0 Å². The predicted molar refractivity (Wildman–Crippen MR) is 31.1 cm³/mol. The lowest BCUT2D eigenvalue weighted by Gasteiger charge is -2.28. The maximum absolute atomic E-state index is 12.1. The highest BCUT2D eigenvalue weighted by Gasteiger charge is 2.71. The Bertz CT molecular complexity index is 251. The summed E-state index contributed by atoms with van der Waals surface area (Å²) in [5, 5.41) is 0. The molecular formula is C6H2F10. The molecule has 0 saturated heterocycles. The van der Waals surface area contributed by atoms with Gasteiger partial charge in [0.05, 0.1) is 5.57 Å². The minimum Gasteiger partial charge on any atom is -0.191 e. The molecule has 0 spiro atoms. The molecular weight excluding hydrogens is 262 g/mol. The molecule has 0 aliphatic rings. The van der Waals surface area contributed by atoms with Gasteiger partial charge < -0.3 is 0 Å². The Morgan fingerprint density at radius 3 is 0.875 bits per heavy atom. The molecule has 0 saturated carbocycles. The Kier molecular flexibility index (Phi) is 3.31. The fourth-order valence-electron chi connectivity index (χ4n) is 0.539. The summed E-state index contributed by atoms with van der Waals surface area (Å²) in [4.78, 5) is 0. The molecule has 0 aliphatic carbocycles. The predicted octanol–water partition coefficient (Wildman–Crippen LogP) is 3.94. The average molecular weight is 264 g/mol. The third-order valence-electron chi connectivity index (χ3n) is 1.47. The van der Waals surface area contributed by atoms with Crippen molar-refractivity contribution in [3.05, 3.63) is 12.2 Å². The molecule has 0 aliphatic heterocycles. The Morgan fingerprint density at radius 2 is 0.750 bits per heavy atom. The third kappa shape index (κ3) is 2.24. The lowest BCUT2D eigenvalue weighted by molar-refractivity contribution is -0.307. The van der Waals surface area contributed by atoms with E-state index >= 15 is 0 Å². The average Bonchev–Trinajstić information content (AvgIpc) is 1.98. The van der Waals surface area contributed by atoms with Crippen LogP contribution < -0.4 is 0 Å². The van der Waals surface area contributed by atoms with Crippen molar-refractivity contribution in [3.8, 4) is 0 Å². The van der Waals surface area contributed by atoms with Gasteiger partial charge in [0.1, 0.15) is 0 Å². The van der Waals surface area contributed by atoms with Gasteiger partial charge in [0.25, 0.3) is 0 Å². The van der Waals surface area contributed by atoms with Gasteiger partial charge in [-0.15, -0.1) is 0 Å². The number of halogens is 10. The number of allylic oxidation sites excluding steroid dienone is 1. The van der Waals surface area contributed by atoms with Crippen molar-refractivity contribution in [2.45, 2.75) is 24.2 Å². The van der Waals surface area contributed by atoms with Crippen LogP contribution in [0.5, 0.6) is 0 Å². The molecule has 0 heterocycles. The van der Waals surface area contributed by atoms with Crippen LogP contribution >= 0.6 is 0 Å². The minimum atomic E-state index is -6.57. The first-order chi connectivity index (χ1) is 6.65. The smallest absolute Gasteiger partial charge is 0.191 e. The van der Waals surface area contributed by atoms with Gasteiger partial charge in [-0.3, -0.25) is 0 Å². The van der Waals surface area contributed by atoms with Crippen LogP contribution in [0.2, 0.25) is 0 Å². The van der Waals surface area contributed by atoms with Crippen LogP contribution in [-0.4, -0.2) is 24.2 Å². The van der Waals surface area contributed by atoms with E-state index in [0.29, 0.717) is 0 Å². The van der Waals surface area contributed by atoms with Gasteiger partial charge in [-0.05, 0) is 0 Å². The second-order valence-corrected chi connectivity index (χ2v) is 2.62. The van der Waals surface area contributed by atoms with Crippen LogP contribution in [0.1, 0.15) is 0 Å². The van der Waals surface area contributed by atoms with Crippen molar-refractivity contribution in [2.75, 3.05) is 0 Å². The van der Waals surface area contributed by atoms with E-state index in [1.165, 1.54) is 6.58 Å². The topological polar surface area (TPSA) is 0 Å². The third-order valence-corrected chi connectivity index (χ3v) is 1.47. The van der Waals surface area contributed by atoms with Crippen molar-refractivity contribution in [1.29, 1.82) is 0 Å². The molecule has 0 nitrogen and oxygen atoms in total. The fourth-order valence-corrected chi connectivity index (χ4v) is 0.539. The van der Waals surface area contributed by atoms with E-state index in [1.807, 2.05) is 0 Å². The zero-order valence-electron chi connectivity index (χ0n) is 6.99. The van der Waals surface area contributed by atoms with Crippen LogP contribution in [-0.2, 0) is 0 Å². The maximum atomic E-state index is 12.1. The Morgan fingerprint density at radius 1 is 0.562 bits per heavy atom. The summed E-state index contributed by atoms with van der Waals surface area (Å²) >= 11 is 0. The van der Waals surface area contributed by atoms with Crippen molar-refractivity contribution in [2.24, 2.45) is 0 Å². The molecule has 0 amide bonds. The first-order valence-corrected chi connectivity index (χ1v) is 3.24. The SMILES string of the molecule is C=C(C(F)(F)C(F)(F)F)C(F)(F)C(F)(F)F. The molecule has 0 aromatic heterocycles. The summed E-state index contributed by atoms with van der Waals surface area (Å²) in [6, 6.07) is 0. The van der Waals surface area contributed by atoms with Crippen molar-refractivity contribution < 1.29 is 43.9 Å². The van der Waals surface area contributed by atoms with Gasteiger partial charge in [-0.1, -0.05) is 6.58 Å². The highest BCUT2D eigenvalue weighted by atomic mass is 19.4. The number of rotatable bonds is 2. The number of alkyl halides is 10. The van der Waals surface area contributed by atoms with E-state index in [9.17, 15) is 43.9 Å². The first kappa shape index (κ1) is 15.0. The molecule has 0 aromatic carbocycles. The quantitative estimate of drug-likeness (QED) is 0.523. The van der Waals surface area contributed by atoms with Crippen molar-refractivity contribution in [1.82, 2.24) is 0 Å². The summed E-state index contributed by atoms with van der Waals surface area (Å²) in [6.07, 6.45) is -13.1. The van der Waals surface area contributed by atoms with E-state index in [4.69, 9.17) is 0 Å². The molecule has 0 rings (SSSR count). The largest absolute Gasteiger partial charge is 0.457 e. The summed E-state index contributed by atoms with van der Waals surface area (Å²) in [5.74, 6) is -12.7. The zero-order chi connectivity index (χ0) is 13.6. The monoisotopic (exact) mass is 264 g/mol. The van der Waals surface area contributed by atoms with Crippen LogP contribution in [0.4, 0.5) is 43.9 Å². The van der Waals surface area contributed by atoms with Crippen molar-refractivity contribution in [3.63, 3.8) is 0 Å². The fraction of sp³-hybridized carbons (Fsp3) is 0.667. The van der Waals surface area contributed by atoms with E-state index in [1.54, 1.807) is 0 Å². The van der Waals surface area contributed by atoms with Gasteiger partial charge in [0, 0.05) is 0 Å². The van der Waals surface area contributed by atoms with Crippen LogP contribution in [0.25, 0.3) is 0 Å². The second-order valence-electron chi connectivity index (χ2n) is 2.62. The molecule has 0 aromatic rings. The molecule has 0 radical (unpaired) electrons. The van der Waals surface area contributed by atoms with Crippen LogP contribution in [0.3, 0.4) is 0 Å². The molecule has 16 heavy (non-hydrogen) atoms. The highest BCUT2D eigenvalue weighted by molar-refractivity contribution is 5.22. The van der Waals surface area contributed by atoms with Gasteiger partial charge >= 0.3 is 24.2 Å². The van der Waals surface area contributed by atoms with Gasteiger partial charge in [-0.25, -0.2) is 0 Å². The molecule has 10 heteroatoms. The normalized spacial score (nSPS) is 15.1. The summed E-state index contributed by atoms with van der Waals surface area (Å²) in [6.45, 7) is 1.49. The van der Waals surface area contributed by atoms with Crippen LogP contribution in [0.15, 0.2) is 12.2 Å². The van der Waals surface area contributed by atoms with Crippen LogP contribution in [0, 0.1) is 0 Å².